The SMILES string of the molecule is CC1Oc2cc(S(=O)(=O)NCCc3ccco3)ccc2NC1=O. The average Bonchev–Trinajstić information content (AvgIpc) is 3.01. The van der Waals surface area contributed by atoms with Crippen LogP contribution < -0.4 is 14.8 Å². The Kier molecular flexibility index (Phi) is 4.10. The first-order valence-electron chi connectivity index (χ1n) is 7.09. The Morgan fingerprint density at radius 1 is 1.30 bits per heavy atom. The highest BCUT2D eigenvalue weighted by Gasteiger charge is 2.25. The molecule has 1 aromatic heterocycles. The van der Waals surface area contributed by atoms with Gasteiger partial charge in [-0.15, -0.1) is 0 Å². The third-order valence-electron chi connectivity index (χ3n) is 3.44. The van der Waals surface area contributed by atoms with Gasteiger partial charge in [0.05, 0.1) is 16.8 Å². The molecule has 3 rings (SSSR count). The van der Waals surface area contributed by atoms with Crippen molar-refractivity contribution < 1.29 is 22.4 Å². The zero-order valence-electron chi connectivity index (χ0n) is 12.4. The molecular formula is C15H16N2O5S. The van der Waals surface area contributed by atoms with E-state index in [1.54, 1.807) is 25.3 Å². The normalized spacial score (nSPS) is 17.3. The van der Waals surface area contributed by atoms with Crippen molar-refractivity contribution in [2.24, 2.45) is 0 Å². The number of hydrogen-bond donors (Lipinski definition) is 2. The maximum absolute atomic E-state index is 12.3. The van der Waals surface area contributed by atoms with Crippen LogP contribution in [0.3, 0.4) is 0 Å². The summed E-state index contributed by atoms with van der Waals surface area (Å²) < 4.78 is 37.7. The van der Waals surface area contributed by atoms with Gasteiger partial charge in [-0.25, -0.2) is 13.1 Å². The number of sulfonamides is 1. The van der Waals surface area contributed by atoms with E-state index < -0.39 is 16.1 Å². The number of carbonyl (C=O) groups is 1. The predicted octanol–water partition coefficient (Wildman–Crippen LogP) is 1.52. The van der Waals surface area contributed by atoms with Gasteiger partial charge < -0.3 is 14.5 Å². The van der Waals surface area contributed by atoms with Crippen molar-refractivity contribution in [3.8, 4) is 5.75 Å². The zero-order chi connectivity index (χ0) is 16.4. The molecule has 1 amide bonds. The third-order valence-corrected chi connectivity index (χ3v) is 4.90. The monoisotopic (exact) mass is 336 g/mol. The Labute approximate surface area is 133 Å². The molecule has 1 unspecified atom stereocenters. The lowest BCUT2D eigenvalue weighted by atomic mass is 10.2. The molecule has 7 nitrogen and oxygen atoms in total. The number of carbonyl (C=O) groups excluding carboxylic acids is 1. The van der Waals surface area contributed by atoms with Gasteiger partial charge in [-0.1, -0.05) is 0 Å². The summed E-state index contributed by atoms with van der Waals surface area (Å²) in [7, 11) is -3.66. The maximum atomic E-state index is 12.3. The minimum absolute atomic E-state index is 0.0824. The average molecular weight is 336 g/mol. The number of furan rings is 1. The van der Waals surface area contributed by atoms with Crippen molar-refractivity contribution in [1.29, 1.82) is 0 Å². The molecule has 0 bridgehead atoms. The molecular weight excluding hydrogens is 320 g/mol. The first-order chi connectivity index (χ1) is 11.0. The van der Waals surface area contributed by atoms with Crippen LogP contribution in [-0.4, -0.2) is 27.0 Å². The van der Waals surface area contributed by atoms with E-state index in [-0.39, 0.29) is 17.3 Å². The van der Waals surface area contributed by atoms with Crippen molar-refractivity contribution >= 4 is 21.6 Å². The minimum Gasteiger partial charge on any atom is -0.479 e. The molecule has 1 aliphatic heterocycles. The number of amides is 1. The molecule has 2 heterocycles. The Morgan fingerprint density at radius 3 is 2.87 bits per heavy atom. The smallest absolute Gasteiger partial charge is 0.265 e. The summed E-state index contributed by atoms with van der Waals surface area (Å²) >= 11 is 0. The number of nitrogens with one attached hydrogen (secondary N) is 2. The Bertz CT molecular complexity index is 814. The molecule has 0 fully saturated rings. The summed E-state index contributed by atoms with van der Waals surface area (Å²) in [4.78, 5) is 11.6. The number of benzene rings is 1. The third kappa shape index (κ3) is 3.38. The van der Waals surface area contributed by atoms with Crippen LogP contribution in [0.1, 0.15) is 12.7 Å². The molecule has 2 aromatic rings. The van der Waals surface area contributed by atoms with Crippen LogP contribution in [0.25, 0.3) is 0 Å². The summed E-state index contributed by atoms with van der Waals surface area (Å²) in [5.41, 5.74) is 0.461. The highest BCUT2D eigenvalue weighted by Crippen LogP contribution is 2.31. The lowest BCUT2D eigenvalue weighted by Gasteiger charge is -2.23. The fourth-order valence-corrected chi connectivity index (χ4v) is 3.24. The fourth-order valence-electron chi connectivity index (χ4n) is 2.20. The van der Waals surface area contributed by atoms with Crippen LogP contribution in [0.4, 0.5) is 5.69 Å². The molecule has 0 saturated heterocycles. The Morgan fingerprint density at radius 2 is 2.13 bits per heavy atom. The maximum Gasteiger partial charge on any atom is 0.265 e. The number of rotatable bonds is 5. The number of hydrogen-bond acceptors (Lipinski definition) is 5. The van der Waals surface area contributed by atoms with E-state index in [4.69, 9.17) is 9.15 Å². The minimum atomic E-state index is -3.66. The molecule has 0 aliphatic carbocycles. The van der Waals surface area contributed by atoms with E-state index in [9.17, 15) is 13.2 Å². The molecule has 23 heavy (non-hydrogen) atoms. The van der Waals surface area contributed by atoms with Gasteiger partial charge in [0.1, 0.15) is 11.5 Å². The number of fused-ring (bicyclic) bond motifs is 1. The standard InChI is InChI=1S/C15H16N2O5S/c1-10-15(18)17-13-5-4-12(9-14(13)22-10)23(19,20)16-7-6-11-3-2-8-21-11/h2-5,8-10,16H,6-7H2,1H3,(H,17,18). The van der Waals surface area contributed by atoms with E-state index in [0.29, 0.717) is 23.6 Å². The van der Waals surface area contributed by atoms with Crippen molar-refractivity contribution in [1.82, 2.24) is 4.72 Å². The van der Waals surface area contributed by atoms with Gasteiger partial charge in [-0.3, -0.25) is 4.79 Å². The van der Waals surface area contributed by atoms with Gasteiger partial charge in [0.15, 0.2) is 6.10 Å². The fraction of sp³-hybridized carbons (Fsp3) is 0.267. The second-order valence-corrected chi connectivity index (χ2v) is 6.90. The molecule has 1 atom stereocenters. The lowest BCUT2D eigenvalue weighted by Crippen LogP contribution is -2.34. The summed E-state index contributed by atoms with van der Waals surface area (Å²) in [6.45, 7) is 1.82. The van der Waals surface area contributed by atoms with E-state index in [1.807, 2.05) is 0 Å². The van der Waals surface area contributed by atoms with Crippen LogP contribution in [0.5, 0.6) is 5.75 Å². The van der Waals surface area contributed by atoms with Gasteiger partial charge in [0, 0.05) is 19.0 Å². The molecule has 122 valence electrons. The van der Waals surface area contributed by atoms with Crippen molar-refractivity contribution in [3.05, 3.63) is 42.4 Å². The zero-order valence-corrected chi connectivity index (χ0v) is 13.2. The van der Waals surface area contributed by atoms with Gasteiger partial charge in [0.2, 0.25) is 10.0 Å². The highest BCUT2D eigenvalue weighted by atomic mass is 32.2. The topological polar surface area (TPSA) is 97.6 Å². The van der Waals surface area contributed by atoms with Crippen molar-refractivity contribution in [2.45, 2.75) is 24.3 Å². The quantitative estimate of drug-likeness (QED) is 0.863. The predicted molar refractivity (Wildman–Crippen MR) is 82.8 cm³/mol. The molecule has 0 saturated carbocycles. The molecule has 0 spiro atoms. The number of anilines is 1. The van der Waals surface area contributed by atoms with Gasteiger partial charge in [-0.05, 0) is 31.2 Å². The van der Waals surface area contributed by atoms with Gasteiger partial charge in [0.25, 0.3) is 5.91 Å². The lowest BCUT2D eigenvalue weighted by molar-refractivity contribution is -0.122. The molecule has 1 aliphatic rings. The Hall–Kier alpha value is -2.32. The van der Waals surface area contributed by atoms with Crippen molar-refractivity contribution in [2.75, 3.05) is 11.9 Å². The van der Waals surface area contributed by atoms with Gasteiger partial charge in [-0.2, -0.15) is 0 Å². The molecule has 2 N–H and O–H groups in total. The number of ether oxygens (including phenoxy) is 1. The highest BCUT2D eigenvalue weighted by molar-refractivity contribution is 7.89. The first-order valence-corrected chi connectivity index (χ1v) is 8.58. The van der Waals surface area contributed by atoms with Gasteiger partial charge >= 0.3 is 0 Å². The molecule has 0 radical (unpaired) electrons. The van der Waals surface area contributed by atoms with Crippen LogP contribution in [0.15, 0.2) is 45.9 Å². The van der Waals surface area contributed by atoms with Crippen LogP contribution in [0.2, 0.25) is 0 Å². The molecule has 8 heteroatoms. The summed E-state index contributed by atoms with van der Waals surface area (Å²) in [5, 5.41) is 2.66. The second kappa shape index (κ2) is 6.05. The van der Waals surface area contributed by atoms with E-state index >= 15 is 0 Å². The summed E-state index contributed by atoms with van der Waals surface area (Å²) in [5.74, 6) is 0.786. The first kappa shape index (κ1) is 15.6. The largest absolute Gasteiger partial charge is 0.479 e. The van der Waals surface area contributed by atoms with E-state index in [0.717, 1.165) is 0 Å². The van der Waals surface area contributed by atoms with E-state index in [1.165, 1.54) is 18.2 Å². The van der Waals surface area contributed by atoms with Crippen LogP contribution in [0, 0.1) is 0 Å². The van der Waals surface area contributed by atoms with E-state index in [2.05, 4.69) is 10.0 Å². The second-order valence-electron chi connectivity index (χ2n) is 5.13. The molecule has 1 aromatic carbocycles. The Balaban J connectivity index is 1.72. The van der Waals surface area contributed by atoms with Crippen molar-refractivity contribution in [3.63, 3.8) is 0 Å². The summed E-state index contributed by atoms with van der Waals surface area (Å²) in [6, 6.07) is 7.87. The van der Waals surface area contributed by atoms with Crippen LogP contribution >= 0.6 is 0 Å². The summed E-state index contributed by atoms with van der Waals surface area (Å²) in [6.07, 6.45) is 1.34. The van der Waals surface area contributed by atoms with Crippen LogP contribution in [-0.2, 0) is 21.2 Å².